The van der Waals surface area contributed by atoms with Gasteiger partial charge in [0.05, 0.1) is 6.67 Å². The number of unbranched alkanes of at least 4 members (excludes halogenated alkanes) is 2. The van der Waals surface area contributed by atoms with E-state index in [4.69, 9.17) is 11.5 Å². The summed E-state index contributed by atoms with van der Waals surface area (Å²) in [5.74, 6) is -0.326. The molecule has 0 unspecified atom stereocenters. The summed E-state index contributed by atoms with van der Waals surface area (Å²) in [7, 11) is 0. The Bertz CT molecular complexity index is 171. The molecule has 0 aliphatic heterocycles. The molecule has 13 heavy (non-hydrogen) atoms. The van der Waals surface area contributed by atoms with Crippen LogP contribution in [0.15, 0.2) is 0 Å². The third kappa shape index (κ3) is 8.81. The van der Waals surface area contributed by atoms with E-state index in [1.165, 1.54) is 0 Å². The topological polar surface area (TPSA) is 98.2 Å². The molecule has 0 rings (SSSR count). The van der Waals surface area contributed by atoms with Gasteiger partial charge in [-0.2, -0.15) is 0 Å². The summed E-state index contributed by atoms with van der Waals surface area (Å²) in [5.41, 5.74) is 10.1. The summed E-state index contributed by atoms with van der Waals surface area (Å²) >= 11 is 0. The highest BCUT2D eigenvalue weighted by atomic mass is 16.1. The van der Waals surface area contributed by atoms with Gasteiger partial charge in [-0.15, -0.1) is 0 Å². The maximum atomic E-state index is 10.9. The van der Waals surface area contributed by atoms with Crippen molar-refractivity contribution in [2.75, 3.05) is 6.67 Å². The van der Waals surface area contributed by atoms with Crippen LogP contribution in [0.2, 0.25) is 0 Å². The van der Waals surface area contributed by atoms with Crippen molar-refractivity contribution >= 4 is 11.8 Å². The highest BCUT2D eigenvalue weighted by Gasteiger charge is 1.99. The molecule has 0 spiro atoms. The molecule has 5 N–H and O–H groups in total. The number of nitrogens with two attached hydrogens (primary N) is 2. The van der Waals surface area contributed by atoms with Crippen LogP contribution in [0.1, 0.15) is 32.1 Å². The molecule has 2 amide bonds. The predicted octanol–water partition coefficient (Wildman–Crippen LogP) is -0.545. The van der Waals surface area contributed by atoms with Crippen LogP contribution < -0.4 is 16.8 Å². The standard InChI is InChI=1S/C8H17N3O2/c9-6-11-8(13)5-3-1-2-4-7(10)12/h1-6,9H2,(H2,10,12)(H,11,13). The average Bonchev–Trinajstić information content (AvgIpc) is 2.03. The van der Waals surface area contributed by atoms with Crippen molar-refractivity contribution in [3.8, 4) is 0 Å². The Kier molecular flexibility index (Phi) is 6.91. The highest BCUT2D eigenvalue weighted by molar-refractivity contribution is 5.75. The van der Waals surface area contributed by atoms with Gasteiger partial charge in [-0.1, -0.05) is 6.42 Å². The first-order valence-corrected chi connectivity index (χ1v) is 4.42. The Morgan fingerprint density at radius 3 is 2.23 bits per heavy atom. The number of hydrogen-bond acceptors (Lipinski definition) is 3. The first-order valence-electron chi connectivity index (χ1n) is 4.42. The van der Waals surface area contributed by atoms with E-state index in [1.54, 1.807) is 0 Å². The molecule has 0 heterocycles. The molecule has 76 valence electrons. The van der Waals surface area contributed by atoms with Crippen LogP contribution in [-0.4, -0.2) is 18.5 Å². The fourth-order valence-electron chi connectivity index (χ4n) is 0.964. The Balaban J connectivity index is 3.16. The number of carbonyl (C=O) groups excluding carboxylic acids is 2. The molecule has 0 saturated heterocycles. The lowest BCUT2D eigenvalue weighted by atomic mass is 10.1. The van der Waals surface area contributed by atoms with Gasteiger partial charge < -0.3 is 16.8 Å². The summed E-state index contributed by atoms with van der Waals surface area (Å²) in [6, 6.07) is 0. The van der Waals surface area contributed by atoms with Crippen molar-refractivity contribution < 1.29 is 9.59 Å². The lowest BCUT2D eigenvalue weighted by Gasteiger charge is -2.00. The van der Waals surface area contributed by atoms with E-state index in [9.17, 15) is 9.59 Å². The first-order chi connectivity index (χ1) is 6.16. The highest BCUT2D eigenvalue weighted by Crippen LogP contribution is 2.01. The molecule has 0 saturated carbocycles. The second-order valence-corrected chi connectivity index (χ2v) is 2.83. The number of primary amides is 1. The van der Waals surface area contributed by atoms with Crippen molar-refractivity contribution in [1.29, 1.82) is 0 Å². The summed E-state index contributed by atoms with van der Waals surface area (Å²) in [4.78, 5) is 21.2. The zero-order chi connectivity index (χ0) is 10.1. The van der Waals surface area contributed by atoms with E-state index in [-0.39, 0.29) is 18.5 Å². The van der Waals surface area contributed by atoms with Gasteiger partial charge in [-0.25, -0.2) is 0 Å². The average molecular weight is 187 g/mol. The lowest BCUT2D eigenvalue weighted by molar-refractivity contribution is -0.121. The molecule has 0 bridgehead atoms. The van der Waals surface area contributed by atoms with E-state index in [0.29, 0.717) is 12.8 Å². The number of nitrogens with one attached hydrogen (secondary N) is 1. The summed E-state index contributed by atoms with van der Waals surface area (Å²) in [6.45, 7) is 0.181. The molecule has 0 aromatic heterocycles. The van der Waals surface area contributed by atoms with Crippen molar-refractivity contribution in [1.82, 2.24) is 5.32 Å². The summed E-state index contributed by atoms with van der Waals surface area (Å²) in [6.07, 6.45) is 3.25. The minimum atomic E-state index is -0.286. The monoisotopic (exact) mass is 187 g/mol. The van der Waals surface area contributed by atoms with E-state index >= 15 is 0 Å². The molecule has 0 aliphatic carbocycles. The molecule has 5 nitrogen and oxygen atoms in total. The zero-order valence-corrected chi connectivity index (χ0v) is 7.71. The van der Waals surface area contributed by atoms with Crippen LogP contribution in [0.4, 0.5) is 0 Å². The van der Waals surface area contributed by atoms with Crippen LogP contribution in [0.25, 0.3) is 0 Å². The van der Waals surface area contributed by atoms with Gasteiger partial charge in [-0.05, 0) is 12.8 Å². The van der Waals surface area contributed by atoms with Gasteiger partial charge in [0.2, 0.25) is 11.8 Å². The number of rotatable bonds is 7. The summed E-state index contributed by atoms with van der Waals surface area (Å²) in [5, 5.41) is 2.49. The Labute approximate surface area is 77.8 Å². The molecule has 0 atom stereocenters. The quantitative estimate of drug-likeness (QED) is 0.368. The van der Waals surface area contributed by atoms with Gasteiger partial charge >= 0.3 is 0 Å². The van der Waals surface area contributed by atoms with Crippen LogP contribution in [0.5, 0.6) is 0 Å². The third-order valence-electron chi connectivity index (χ3n) is 1.63. The Morgan fingerprint density at radius 2 is 1.69 bits per heavy atom. The van der Waals surface area contributed by atoms with E-state index < -0.39 is 0 Å². The number of carbonyl (C=O) groups is 2. The molecule has 0 fully saturated rings. The molecule has 0 aromatic rings. The fourth-order valence-corrected chi connectivity index (χ4v) is 0.964. The first kappa shape index (κ1) is 11.9. The minimum Gasteiger partial charge on any atom is -0.370 e. The minimum absolute atomic E-state index is 0.0402. The van der Waals surface area contributed by atoms with Crippen LogP contribution >= 0.6 is 0 Å². The van der Waals surface area contributed by atoms with Gasteiger partial charge in [-0.3, -0.25) is 9.59 Å². The molecule has 0 radical (unpaired) electrons. The van der Waals surface area contributed by atoms with Gasteiger partial charge in [0.25, 0.3) is 0 Å². The van der Waals surface area contributed by atoms with Crippen molar-refractivity contribution in [3.63, 3.8) is 0 Å². The maximum absolute atomic E-state index is 10.9. The van der Waals surface area contributed by atoms with Crippen molar-refractivity contribution in [3.05, 3.63) is 0 Å². The second-order valence-electron chi connectivity index (χ2n) is 2.83. The Morgan fingerprint density at radius 1 is 1.08 bits per heavy atom. The van der Waals surface area contributed by atoms with Gasteiger partial charge in [0, 0.05) is 12.8 Å². The third-order valence-corrected chi connectivity index (χ3v) is 1.63. The van der Waals surface area contributed by atoms with Crippen LogP contribution in [-0.2, 0) is 9.59 Å². The summed E-state index contributed by atoms with van der Waals surface area (Å²) < 4.78 is 0. The second kappa shape index (κ2) is 7.54. The molecule has 0 aromatic carbocycles. The van der Waals surface area contributed by atoms with Gasteiger partial charge in [0.1, 0.15) is 0 Å². The zero-order valence-electron chi connectivity index (χ0n) is 7.71. The van der Waals surface area contributed by atoms with E-state index in [2.05, 4.69) is 5.32 Å². The normalized spacial score (nSPS) is 9.62. The number of amides is 2. The largest absolute Gasteiger partial charge is 0.370 e. The van der Waals surface area contributed by atoms with Crippen molar-refractivity contribution in [2.24, 2.45) is 11.5 Å². The van der Waals surface area contributed by atoms with Crippen molar-refractivity contribution in [2.45, 2.75) is 32.1 Å². The fraction of sp³-hybridized carbons (Fsp3) is 0.750. The van der Waals surface area contributed by atoms with E-state index in [0.717, 1.165) is 19.3 Å². The lowest BCUT2D eigenvalue weighted by Crippen LogP contribution is -2.28. The van der Waals surface area contributed by atoms with Gasteiger partial charge in [0.15, 0.2) is 0 Å². The van der Waals surface area contributed by atoms with Crippen LogP contribution in [0, 0.1) is 0 Å². The van der Waals surface area contributed by atoms with E-state index in [1.807, 2.05) is 0 Å². The predicted molar refractivity (Wildman–Crippen MR) is 49.5 cm³/mol. The SMILES string of the molecule is NCNC(=O)CCCCCC(N)=O. The molecule has 5 heteroatoms. The number of hydrogen-bond donors (Lipinski definition) is 3. The smallest absolute Gasteiger partial charge is 0.220 e. The molecular formula is C8H17N3O2. The molecule has 0 aliphatic rings. The van der Waals surface area contributed by atoms with Crippen LogP contribution in [0.3, 0.4) is 0 Å². The maximum Gasteiger partial charge on any atom is 0.220 e. The Hall–Kier alpha value is -1.10. The molecular weight excluding hydrogens is 170 g/mol.